The van der Waals surface area contributed by atoms with E-state index in [-0.39, 0.29) is 11.1 Å². The summed E-state index contributed by atoms with van der Waals surface area (Å²) in [6.45, 7) is 13.0. The Labute approximate surface area is 188 Å². The van der Waals surface area contributed by atoms with Crippen molar-refractivity contribution in [3.05, 3.63) is 56.4 Å². The number of halogens is 2. The summed E-state index contributed by atoms with van der Waals surface area (Å²) in [6, 6.07) is 6.21. The first-order valence-electron chi connectivity index (χ1n) is 9.66. The van der Waals surface area contributed by atoms with E-state index in [1.54, 1.807) is 0 Å². The highest BCUT2D eigenvalue weighted by Gasteiger charge is 2.18. The largest absolute Gasteiger partial charge is 0.206 e. The van der Waals surface area contributed by atoms with Crippen molar-refractivity contribution < 1.29 is 8.78 Å². The van der Waals surface area contributed by atoms with Crippen LogP contribution in [0.25, 0.3) is 22.3 Å². The lowest BCUT2D eigenvalue weighted by Crippen LogP contribution is -2.16. The number of hydrogen-bond acceptors (Lipinski definition) is 2. The molecule has 0 unspecified atom stereocenters. The van der Waals surface area contributed by atoms with Crippen molar-refractivity contribution in [2.24, 2.45) is 0 Å². The van der Waals surface area contributed by atoms with Gasteiger partial charge in [0.15, 0.2) is 0 Å². The Balaban J connectivity index is 2.06. The lowest BCUT2D eigenvalue weighted by molar-refractivity contribution is 0.606. The van der Waals surface area contributed by atoms with Gasteiger partial charge >= 0.3 is 0 Å². The molecule has 0 amide bonds. The van der Waals surface area contributed by atoms with Crippen LogP contribution in [-0.4, -0.2) is 16.1 Å². The summed E-state index contributed by atoms with van der Waals surface area (Å²) in [5, 5.41) is 3.75. The molecule has 0 N–H and O–H groups in total. The lowest BCUT2D eigenvalue weighted by atomic mass is 9.99. The van der Waals surface area contributed by atoms with E-state index >= 15 is 8.78 Å². The van der Waals surface area contributed by atoms with Crippen molar-refractivity contribution in [1.29, 1.82) is 0 Å². The fourth-order valence-electron chi connectivity index (χ4n) is 2.68. The average molecular weight is 471 g/mol. The van der Waals surface area contributed by atoms with Crippen LogP contribution >= 0.6 is 22.7 Å². The molecule has 1 aromatic carbocycles. The van der Waals surface area contributed by atoms with Gasteiger partial charge < -0.3 is 0 Å². The molecule has 0 radical (unpaired) electrons. The van der Waals surface area contributed by atoms with Gasteiger partial charge in [0.25, 0.3) is 0 Å². The Morgan fingerprint density at radius 2 is 1.00 bits per heavy atom. The van der Waals surface area contributed by atoms with Crippen LogP contribution < -0.4 is 0 Å². The molecule has 0 aliphatic heterocycles. The number of rotatable bonds is 2. The monoisotopic (exact) mass is 470 g/mol. The molecule has 0 nitrogen and oxygen atoms in total. The first-order valence-corrected chi connectivity index (χ1v) is 18.4. The molecule has 3 rings (SSSR count). The summed E-state index contributed by atoms with van der Waals surface area (Å²) in [7, 11) is -3.13. The minimum absolute atomic E-state index is 0.252. The third-order valence-corrected chi connectivity index (χ3v) is 7.48. The zero-order valence-electron chi connectivity index (χ0n) is 18.0. The highest BCUT2D eigenvalue weighted by molar-refractivity contribution is 7.11. The summed E-state index contributed by atoms with van der Waals surface area (Å²) in [4.78, 5) is 1.56. The maximum absolute atomic E-state index is 15.1. The van der Waals surface area contributed by atoms with Crippen LogP contribution in [0.15, 0.2) is 35.0 Å². The van der Waals surface area contributed by atoms with Gasteiger partial charge in [-0.3, -0.25) is 0 Å². The zero-order chi connectivity index (χ0) is 22.1. The molecule has 2 aromatic heterocycles. The predicted octanol–water partition coefficient (Wildman–Crippen LogP) is 7.88. The van der Waals surface area contributed by atoms with Crippen molar-refractivity contribution in [3.8, 4) is 45.2 Å². The molecule has 0 saturated carbocycles. The standard InChI is InChI=1S/C24H24F2S2Si2/c1-29(2,3)13-9-23-17(7-11-27-23)19-15-22(26)20(16-21(19)25)18-8-12-28-24(18)10-14-30(4,5)6/h7-8,11-12,15-16H,1-6H3. The van der Waals surface area contributed by atoms with Gasteiger partial charge in [0.05, 0.1) is 9.75 Å². The van der Waals surface area contributed by atoms with Crippen LogP contribution in [0.5, 0.6) is 0 Å². The van der Waals surface area contributed by atoms with Crippen LogP contribution in [0.2, 0.25) is 39.3 Å². The minimum atomic E-state index is -1.57. The van der Waals surface area contributed by atoms with Crippen LogP contribution in [-0.2, 0) is 0 Å². The van der Waals surface area contributed by atoms with E-state index in [0.29, 0.717) is 11.1 Å². The SMILES string of the molecule is C[Si](C)(C)C#Cc1sccc1-c1cc(F)c(-c2ccsc2C#C[Si](C)(C)C)cc1F. The predicted molar refractivity (Wildman–Crippen MR) is 133 cm³/mol. The van der Waals surface area contributed by atoms with Gasteiger partial charge in [0.2, 0.25) is 0 Å². The normalized spacial score (nSPS) is 11.5. The van der Waals surface area contributed by atoms with Gasteiger partial charge in [-0.15, -0.1) is 33.8 Å². The fraction of sp³-hybridized carbons (Fsp3) is 0.250. The molecule has 6 heteroatoms. The van der Waals surface area contributed by atoms with E-state index in [1.165, 1.54) is 34.8 Å². The van der Waals surface area contributed by atoms with Gasteiger partial charge in [-0.2, -0.15) is 0 Å². The molecule has 0 fully saturated rings. The molecule has 154 valence electrons. The van der Waals surface area contributed by atoms with Crippen LogP contribution in [0.1, 0.15) is 9.75 Å². The van der Waals surface area contributed by atoms with Gasteiger partial charge in [-0.05, 0) is 35.0 Å². The van der Waals surface area contributed by atoms with Crippen molar-refractivity contribution in [1.82, 2.24) is 0 Å². The molecule has 0 aliphatic carbocycles. The number of thiophene rings is 2. The Morgan fingerprint density at radius 1 is 0.633 bits per heavy atom. The van der Waals surface area contributed by atoms with Gasteiger partial charge in [0, 0.05) is 22.3 Å². The van der Waals surface area contributed by atoms with Gasteiger partial charge in [-0.1, -0.05) is 51.1 Å². The van der Waals surface area contributed by atoms with Gasteiger partial charge in [0.1, 0.15) is 27.8 Å². The Bertz CT molecular complexity index is 1100. The minimum Gasteiger partial charge on any atom is -0.206 e. The third kappa shape index (κ3) is 5.59. The molecule has 30 heavy (non-hydrogen) atoms. The highest BCUT2D eigenvalue weighted by atomic mass is 32.1. The third-order valence-electron chi connectivity index (χ3n) is 4.07. The molecule has 0 spiro atoms. The lowest BCUT2D eigenvalue weighted by Gasteiger charge is -2.09. The summed E-state index contributed by atoms with van der Waals surface area (Å²) < 4.78 is 30.2. The second-order valence-corrected chi connectivity index (χ2v) is 20.5. The molecular weight excluding hydrogens is 447 g/mol. The smallest absolute Gasteiger partial charge is 0.131 e. The van der Waals surface area contributed by atoms with E-state index in [2.05, 4.69) is 62.2 Å². The molecular formula is C24H24F2S2Si2. The van der Waals surface area contributed by atoms with Crippen LogP contribution in [0, 0.1) is 34.6 Å². The summed E-state index contributed by atoms with van der Waals surface area (Å²) >= 11 is 2.92. The Kier molecular flexibility index (Phi) is 6.55. The molecule has 0 saturated heterocycles. The first-order chi connectivity index (χ1) is 13.9. The molecule has 0 bridgehead atoms. The maximum Gasteiger partial charge on any atom is 0.131 e. The average Bonchev–Trinajstić information content (AvgIpc) is 3.27. The van der Waals surface area contributed by atoms with Crippen molar-refractivity contribution in [2.45, 2.75) is 39.3 Å². The van der Waals surface area contributed by atoms with E-state index in [1.807, 2.05) is 22.9 Å². The zero-order valence-corrected chi connectivity index (χ0v) is 21.7. The van der Waals surface area contributed by atoms with E-state index in [4.69, 9.17) is 0 Å². The molecule has 3 aromatic rings. The number of benzene rings is 1. The van der Waals surface area contributed by atoms with Crippen molar-refractivity contribution >= 4 is 38.8 Å². The topological polar surface area (TPSA) is 0 Å². The Hall–Kier alpha value is -1.97. The second kappa shape index (κ2) is 8.65. The van der Waals surface area contributed by atoms with Crippen LogP contribution in [0.4, 0.5) is 8.78 Å². The number of hydrogen-bond donors (Lipinski definition) is 0. The summed E-state index contributed by atoms with van der Waals surface area (Å²) in [5.41, 5.74) is 8.42. The van der Waals surface area contributed by atoms with Crippen molar-refractivity contribution in [3.63, 3.8) is 0 Å². The van der Waals surface area contributed by atoms with Gasteiger partial charge in [-0.25, -0.2) is 8.78 Å². The first kappa shape index (κ1) is 22.7. The summed E-state index contributed by atoms with van der Waals surface area (Å²) in [5.74, 6) is 5.48. The van der Waals surface area contributed by atoms with Crippen LogP contribution in [0.3, 0.4) is 0 Å². The highest BCUT2D eigenvalue weighted by Crippen LogP contribution is 2.36. The molecule has 0 atom stereocenters. The summed E-state index contributed by atoms with van der Waals surface area (Å²) in [6.07, 6.45) is 0. The fourth-order valence-corrected chi connectivity index (χ4v) is 5.38. The van der Waals surface area contributed by atoms with E-state index < -0.39 is 27.8 Å². The molecule has 0 aliphatic rings. The quantitative estimate of drug-likeness (QED) is 0.264. The van der Waals surface area contributed by atoms with E-state index in [9.17, 15) is 0 Å². The van der Waals surface area contributed by atoms with Crippen molar-refractivity contribution in [2.75, 3.05) is 0 Å². The molecule has 2 heterocycles. The van der Waals surface area contributed by atoms with E-state index in [0.717, 1.165) is 9.75 Å². The maximum atomic E-state index is 15.1. The second-order valence-electron chi connectivity index (χ2n) is 9.14. The Morgan fingerprint density at radius 3 is 1.33 bits per heavy atom.